The first-order valence-electron chi connectivity index (χ1n) is 13.4. The van der Waals surface area contributed by atoms with Crippen LogP contribution in [0.3, 0.4) is 0 Å². The Morgan fingerprint density at radius 3 is 2.33 bits per heavy atom. The van der Waals surface area contributed by atoms with Gasteiger partial charge in [-0.1, -0.05) is 12.1 Å². The largest absolute Gasteiger partial charge is 0.444 e. The maximum Gasteiger partial charge on any atom is 0.410 e. The van der Waals surface area contributed by atoms with Gasteiger partial charge in [0, 0.05) is 30.0 Å². The summed E-state index contributed by atoms with van der Waals surface area (Å²) in [5, 5.41) is 10.3. The van der Waals surface area contributed by atoms with Gasteiger partial charge in [0.15, 0.2) is 5.82 Å². The number of carbonyl (C=O) groups excluding carboxylic acids is 3. The molecular weight excluding hydrogens is 511 g/mol. The molecule has 4 rings (SSSR count). The van der Waals surface area contributed by atoms with E-state index in [1.165, 1.54) is 0 Å². The van der Waals surface area contributed by atoms with E-state index in [1.807, 2.05) is 77.6 Å². The van der Waals surface area contributed by atoms with Crippen molar-refractivity contribution in [3.63, 3.8) is 0 Å². The lowest BCUT2D eigenvalue weighted by atomic mass is 9.86. The Morgan fingerprint density at radius 2 is 1.77 bits per heavy atom. The number of ether oxygens (including phenoxy) is 1. The lowest BCUT2D eigenvalue weighted by Gasteiger charge is -2.35. The molecule has 0 radical (unpaired) electrons. The molecule has 0 aliphatic carbocycles. The van der Waals surface area contributed by atoms with Crippen molar-refractivity contribution in [1.82, 2.24) is 9.88 Å². The summed E-state index contributed by atoms with van der Waals surface area (Å²) in [7, 11) is 0. The number of nitrogens with one attached hydrogen (secondary N) is 1. The molecule has 1 aliphatic rings. The number of nitriles is 1. The lowest BCUT2D eigenvalue weighted by molar-refractivity contribution is -0.191. The first kappa shape index (κ1) is 30.4. The van der Waals surface area contributed by atoms with Crippen molar-refractivity contribution < 1.29 is 23.5 Å². The molecule has 1 amide bonds. The van der Waals surface area contributed by atoms with Crippen molar-refractivity contribution >= 4 is 34.7 Å². The molecule has 1 aromatic heterocycles. The zero-order chi connectivity index (χ0) is 29.8. The molecule has 40 heavy (non-hydrogen) atoms. The number of rotatable bonds is 4. The highest BCUT2D eigenvalue weighted by Crippen LogP contribution is 2.41. The van der Waals surface area contributed by atoms with E-state index < -0.39 is 5.60 Å². The third-order valence-electron chi connectivity index (χ3n) is 7.11. The summed E-state index contributed by atoms with van der Waals surface area (Å²) in [5.74, 6) is 0.642. The summed E-state index contributed by atoms with van der Waals surface area (Å²) >= 11 is 0. The average Bonchev–Trinajstić information content (AvgIpc) is 3.20. The Labute approximate surface area is 234 Å². The molecule has 0 spiro atoms. The maximum absolute atomic E-state index is 16.4. The smallest absolute Gasteiger partial charge is 0.410 e. The molecule has 1 aliphatic heterocycles. The lowest BCUT2D eigenvalue weighted by Crippen LogP contribution is -2.41. The van der Waals surface area contributed by atoms with Gasteiger partial charge in [0.25, 0.3) is 0 Å². The fourth-order valence-corrected chi connectivity index (χ4v) is 5.33. The summed E-state index contributed by atoms with van der Waals surface area (Å²) in [6.07, 6.45) is 1.31. The number of amides is 1. The van der Waals surface area contributed by atoms with Gasteiger partial charge >= 0.3 is 12.2 Å². The van der Waals surface area contributed by atoms with Gasteiger partial charge in [0.2, 0.25) is 0 Å². The fourth-order valence-electron chi connectivity index (χ4n) is 5.33. The van der Waals surface area contributed by atoms with Gasteiger partial charge in [-0.05, 0) is 102 Å². The maximum atomic E-state index is 16.4. The first-order chi connectivity index (χ1) is 18.8. The van der Waals surface area contributed by atoms with Gasteiger partial charge in [-0.15, -0.1) is 0 Å². The van der Waals surface area contributed by atoms with Crippen LogP contribution >= 0.6 is 0 Å². The standard InChI is InChI=1S/C30H37FN4O2.CO2/c1-18(2)35(28-20(4)23-10-9-21(17-32)16-24(23)33-28)25-11-8-19(3)26(27(25)31)22-12-14-34(15-13-22)29(36)37-30(5,6)7;2-1-3/h8-11,16,18,22,33H,12-15H2,1-7H3;. The van der Waals surface area contributed by atoms with Crippen LogP contribution in [0.2, 0.25) is 0 Å². The van der Waals surface area contributed by atoms with Crippen LogP contribution in [-0.4, -0.2) is 46.9 Å². The van der Waals surface area contributed by atoms with Crippen molar-refractivity contribution in [2.45, 2.75) is 78.9 Å². The number of aryl methyl sites for hydroxylation is 2. The number of fused-ring (bicyclic) bond motifs is 1. The highest BCUT2D eigenvalue weighted by atomic mass is 19.1. The van der Waals surface area contributed by atoms with Gasteiger partial charge in [-0.25, -0.2) is 9.18 Å². The van der Waals surface area contributed by atoms with Crippen molar-refractivity contribution in [1.29, 1.82) is 5.26 Å². The fraction of sp³-hybridized carbons (Fsp3) is 0.452. The van der Waals surface area contributed by atoms with Crippen molar-refractivity contribution in [2.24, 2.45) is 0 Å². The van der Waals surface area contributed by atoms with Gasteiger partial charge in [-0.2, -0.15) is 14.9 Å². The molecule has 1 N–H and O–H groups in total. The number of aromatic amines is 1. The Balaban J connectivity index is 0.00000141. The number of nitrogens with zero attached hydrogens (tertiary/aromatic N) is 3. The summed E-state index contributed by atoms with van der Waals surface area (Å²) in [6, 6.07) is 11.6. The van der Waals surface area contributed by atoms with Crippen LogP contribution in [0.5, 0.6) is 0 Å². The second-order valence-electron chi connectivity index (χ2n) is 11.4. The SMILES string of the molecule is Cc1ccc(N(c2[nH]c3cc(C#N)ccc3c2C)C(C)C)c(F)c1C1CCN(C(=O)OC(C)(C)C)CC1.O=C=O. The molecule has 1 saturated heterocycles. The van der Waals surface area contributed by atoms with E-state index in [9.17, 15) is 10.1 Å². The third kappa shape index (κ3) is 6.52. The van der Waals surface area contributed by atoms with Crippen LogP contribution in [0.15, 0.2) is 30.3 Å². The molecule has 0 atom stereocenters. The number of H-pyrrole nitrogens is 1. The molecule has 1 fully saturated rings. The molecule has 8 nitrogen and oxygen atoms in total. The van der Waals surface area contributed by atoms with Crippen LogP contribution in [0.4, 0.5) is 20.7 Å². The molecule has 0 bridgehead atoms. The van der Waals surface area contributed by atoms with Crippen LogP contribution in [-0.2, 0) is 14.3 Å². The molecule has 3 aromatic rings. The van der Waals surface area contributed by atoms with Crippen LogP contribution in [0, 0.1) is 31.0 Å². The van der Waals surface area contributed by atoms with Crippen LogP contribution in [0.25, 0.3) is 10.9 Å². The van der Waals surface area contributed by atoms with Gasteiger partial charge in [-0.3, -0.25) is 0 Å². The van der Waals surface area contributed by atoms with E-state index in [0.717, 1.165) is 33.4 Å². The van der Waals surface area contributed by atoms with E-state index in [0.29, 0.717) is 37.2 Å². The second kappa shape index (κ2) is 12.4. The van der Waals surface area contributed by atoms with Crippen molar-refractivity contribution in [2.75, 3.05) is 18.0 Å². The number of halogens is 1. The van der Waals surface area contributed by atoms with E-state index in [1.54, 1.807) is 11.0 Å². The molecule has 0 unspecified atom stereocenters. The number of anilines is 2. The van der Waals surface area contributed by atoms with E-state index in [4.69, 9.17) is 14.3 Å². The minimum atomic E-state index is -0.539. The average molecular weight is 549 g/mol. The first-order valence-corrected chi connectivity index (χ1v) is 13.4. The Morgan fingerprint density at radius 1 is 1.15 bits per heavy atom. The predicted molar refractivity (Wildman–Crippen MR) is 151 cm³/mol. The monoisotopic (exact) mass is 548 g/mol. The zero-order valence-corrected chi connectivity index (χ0v) is 24.2. The molecule has 2 heterocycles. The van der Waals surface area contributed by atoms with E-state index >= 15 is 4.39 Å². The third-order valence-corrected chi connectivity index (χ3v) is 7.11. The Kier molecular flexibility index (Phi) is 9.39. The van der Waals surface area contributed by atoms with Gasteiger partial charge in [0.05, 0.1) is 17.3 Å². The highest BCUT2D eigenvalue weighted by Gasteiger charge is 2.31. The molecule has 2 aromatic carbocycles. The normalized spacial score (nSPS) is 13.8. The number of carbonyl (C=O) groups is 1. The summed E-state index contributed by atoms with van der Waals surface area (Å²) in [6.45, 7) is 14.7. The van der Waals surface area contributed by atoms with Gasteiger partial charge in [0.1, 0.15) is 11.4 Å². The van der Waals surface area contributed by atoms with Crippen molar-refractivity contribution in [3.8, 4) is 6.07 Å². The van der Waals surface area contributed by atoms with E-state index in [-0.39, 0.29) is 30.0 Å². The number of aromatic nitrogens is 1. The zero-order valence-electron chi connectivity index (χ0n) is 24.2. The second-order valence-corrected chi connectivity index (χ2v) is 11.4. The summed E-state index contributed by atoms with van der Waals surface area (Å²) in [4.78, 5) is 35.9. The van der Waals surface area contributed by atoms with E-state index in [2.05, 4.69) is 11.1 Å². The van der Waals surface area contributed by atoms with Crippen LogP contribution < -0.4 is 4.90 Å². The Bertz CT molecular complexity index is 1450. The van der Waals surface area contributed by atoms with Crippen molar-refractivity contribution in [3.05, 3.63) is 58.4 Å². The molecule has 0 saturated carbocycles. The predicted octanol–water partition coefficient (Wildman–Crippen LogP) is 6.87. The topological polar surface area (TPSA) is 106 Å². The molecule has 212 valence electrons. The minimum Gasteiger partial charge on any atom is -0.444 e. The molecular formula is C31H37FN4O4. The number of likely N-dealkylation sites (tertiary alicyclic amines) is 1. The Hall–Kier alpha value is -4.15. The quantitative estimate of drug-likeness (QED) is 0.381. The highest BCUT2D eigenvalue weighted by molar-refractivity contribution is 5.91. The minimum absolute atomic E-state index is 0.0127. The number of hydrogen-bond donors (Lipinski definition) is 1. The number of benzene rings is 2. The van der Waals surface area contributed by atoms with Crippen LogP contribution in [0.1, 0.15) is 75.6 Å². The molecule has 9 heteroatoms. The summed E-state index contributed by atoms with van der Waals surface area (Å²) < 4.78 is 21.9. The van der Waals surface area contributed by atoms with Gasteiger partial charge < -0.3 is 19.5 Å². The number of piperidine rings is 1. The summed E-state index contributed by atoms with van der Waals surface area (Å²) in [5.41, 5.74) is 4.10. The number of hydrogen-bond acceptors (Lipinski definition) is 6.